The second-order valence-electron chi connectivity index (χ2n) is 3.17. The summed E-state index contributed by atoms with van der Waals surface area (Å²) >= 11 is 1.47. The molecule has 0 fully saturated rings. The van der Waals surface area contributed by atoms with Gasteiger partial charge in [-0.05, 0) is 30.3 Å². The molecule has 0 saturated carbocycles. The molecule has 2 aromatic rings. The molecule has 0 bridgehead atoms. The maximum Gasteiger partial charge on any atom is 0.142 e. The SMILES string of the molecule is N#Cc1ccc(Sc2ccccc2)cc1F. The summed E-state index contributed by atoms with van der Waals surface area (Å²) in [5.41, 5.74) is 0.0809. The van der Waals surface area contributed by atoms with Crippen molar-refractivity contribution in [3.8, 4) is 6.07 Å². The molecular weight excluding hydrogens is 221 g/mol. The van der Waals surface area contributed by atoms with E-state index in [0.717, 1.165) is 9.79 Å². The molecule has 0 aliphatic carbocycles. The van der Waals surface area contributed by atoms with Crippen LogP contribution in [-0.4, -0.2) is 0 Å². The smallest absolute Gasteiger partial charge is 0.142 e. The van der Waals surface area contributed by atoms with Crippen molar-refractivity contribution in [3.63, 3.8) is 0 Å². The number of nitriles is 1. The van der Waals surface area contributed by atoms with Crippen LogP contribution in [-0.2, 0) is 0 Å². The fraction of sp³-hybridized carbons (Fsp3) is 0. The summed E-state index contributed by atoms with van der Waals surface area (Å²) in [6, 6.07) is 16.2. The van der Waals surface area contributed by atoms with Crippen molar-refractivity contribution < 1.29 is 4.39 Å². The Morgan fingerprint density at radius 3 is 2.38 bits per heavy atom. The number of nitrogens with zero attached hydrogens (tertiary/aromatic N) is 1. The molecule has 0 heterocycles. The van der Waals surface area contributed by atoms with Crippen LogP contribution in [0.1, 0.15) is 5.56 Å². The second-order valence-corrected chi connectivity index (χ2v) is 4.32. The first-order valence-corrected chi connectivity index (χ1v) is 5.54. The highest BCUT2D eigenvalue weighted by atomic mass is 32.2. The van der Waals surface area contributed by atoms with Crippen molar-refractivity contribution >= 4 is 11.8 Å². The van der Waals surface area contributed by atoms with Crippen LogP contribution in [0.15, 0.2) is 58.3 Å². The Morgan fingerprint density at radius 1 is 1.00 bits per heavy atom. The fourth-order valence-electron chi connectivity index (χ4n) is 1.27. The third kappa shape index (κ3) is 2.41. The minimum absolute atomic E-state index is 0.0809. The second kappa shape index (κ2) is 4.82. The van der Waals surface area contributed by atoms with Gasteiger partial charge in [-0.25, -0.2) is 4.39 Å². The van der Waals surface area contributed by atoms with E-state index in [2.05, 4.69) is 0 Å². The van der Waals surface area contributed by atoms with Crippen LogP contribution in [0.25, 0.3) is 0 Å². The van der Waals surface area contributed by atoms with Crippen LogP contribution in [0.5, 0.6) is 0 Å². The van der Waals surface area contributed by atoms with Crippen LogP contribution in [0.4, 0.5) is 4.39 Å². The lowest BCUT2D eigenvalue weighted by Crippen LogP contribution is -1.83. The van der Waals surface area contributed by atoms with Gasteiger partial charge in [0.2, 0.25) is 0 Å². The Bertz CT molecular complexity index is 531. The zero-order valence-corrected chi connectivity index (χ0v) is 9.17. The Labute approximate surface area is 97.5 Å². The predicted octanol–water partition coefficient (Wildman–Crippen LogP) is 3.85. The Kier molecular flexibility index (Phi) is 3.23. The molecular formula is C13H8FNS. The number of rotatable bonds is 2. The maximum absolute atomic E-state index is 13.3. The Morgan fingerprint density at radius 2 is 1.75 bits per heavy atom. The van der Waals surface area contributed by atoms with Crippen molar-refractivity contribution in [2.24, 2.45) is 0 Å². The first kappa shape index (κ1) is 10.7. The van der Waals surface area contributed by atoms with E-state index in [9.17, 15) is 4.39 Å². The molecule has 0 N–H and O–H groups in total. The molecule has 0 saturated heterocycles. The van der Waals surface area contributed by atoms with E-state index in [0.29, 0.717) is 0 Å². The quantitative estimate of drug-likeness (QED) is 0.781. The summed E-state index contributed by atoms with van der Waals surface area (Å²) in [6.07, 6.45) is 0. The van der Waals surface area contributed by atoms with E-state index in [1.54, 1.807) is 12.1 Å². The zero-order chi connectivity index (χ0) is 11.4. The predicted molar refractivity (Wildman–Crippen MR) is 61.7 cm³/mol. The Hall–Kier alpha value is -1.79. The van der Waals surface area contributed by atoms with E-state index in [1.807, 2.05) is 30.3 Å². The molecule has 2 rings (SSSR count). The van der Waals surface area contributed by atoms with Gasteiger partial charge in [0.15, 0.2) is 0 Å². The van der Waals surface area contributed by atoms with Gasteiger partial charge >= 0.3 is 0 Å². The fourth-order valence-corrected chi connectivity index (χ4v) is 2.14. The number of hydrogen-bond acceptors (Lipinski definition) is 2. The third-order valence-corrected chi connectivity index (χ3v) is 3.04. The van der Waals surface area contributed by atoms with Crippen LogP contribution in [0, 0.1) is 17.1 Å². The van der Waals surface area contributed by atoms with Gasteiger partial charge in [0.05, 0.1) is 5.56 Å². The highest BCUT2D eigenvalue weighted by Crippen LogP contribution is 2.28. The van der Waals surface area contributed by atoms with Crippen molar-refractivity contribution in [2.45, 2.75) is 9.79 Å². The van der Waals surface area contributed by atoms with E-state index in [1.165, 1.54) is 23.9 Å². The highest BCUT2D eigenvalue weighted by Gasteiger charge is 2.03. The molecule has 0 unspecified atom stereocenters. The summed E-state index contributed by atoms with van der Waals surface area (Å²) in [7, 11) is 0. The Balaban J connectivity index is 2.24. The van der Waals surface area contributed by atoms with Gasteiger partial charge in [0, 0.05) is 9.79 Å². The molecule has 0 aromatic heterocycles. The normalized spacial score (nSPS) is 9.75. The molecule has 0 spiro atoms. The van der Waals surface area contributed by atoms with Gasteiger partial charge in [-0.2, -0.15) is 5.26 Å². The van der Waals surface area contributed by atoms with E-state index in [4.69, 9.17) is 5.26 Å². The summed E-state index contributed by atoms with van der Waals surface area (Å²) in [6.45, 7) is 0. The number of halogens is 1. The summed E-state index contributed by atoms with van der Waals surface area (Å²) in [4.78, 5) is 1.84. The molecule has 16 heavy (non-hydrogen) atoms. The molecule has 0 atom stereocenters. The number of benzene rings is 2. The lowest BCUT2D eigenvalue weighted by atomic mass is 10.2. The molecule has 0 aliphatic rings. The van der Waals surface area contributed by atoms with Gasteiger partial charge < -0.3 is 0 Å². The van der Waals surface area contributed by atoms with Crippen LogP contribution in [0.3, 0.4) is 0 Å². The summed E-state index contributed by atoms with van der Waals surface area (Å²) in [5, 5.41) is 8.60. The standard InChI is InChI=1S/C13H8FNS/c14-13-8-12(7-6-10(13)9-15)16-11-4-2-1-3-5-11/h1-8H. The molecule has 0 amide bonds. The molecule has 2 aromatic carbocycles. The topological polar surface area (TPSA) is 23.8 Å². The molecule has 0 aliphatic heterocycles. The lowest BCUT2D eigenvalue weighted by molar-refractivity contribution is 0.620. The van der Waals surface area contributed by atoms with E-state index < -0.39 is 5.82 Å². The van der Waals surface area contributed by atoms with Gasteiger partial charge in [-0.1, -0.05) is 30.0 Å². The minimum Gasteiger partial charge on any atom is -0.206 e. The van der Waals surface area contributed by atoms with Crippen molar-refractivity contribution in [3.05, 3.63) is 59.9 Å². The van der Waals surface area contributed by atoms with Gasteiger partial charge in [-0.15, -0.1) is 0 Å². The highest BCUT2D eigenvalue weighted by molar-refractivity contribution is 7.99. The van der Waals surface area contributed by atoms with Crippen LogP contribution >= 0.6 is 11.8 Å². The first-order valence-electron chi connectivity index (χ1n) is 4.72. The van der Waals surface area contributed by atoms with Gasteiger partial charge in [0.25, 0.3) is 0 Å². The summed E-state index contributed by atoms with van der Waals surface area (Å²) < 4.78 is 13.3. The zero-order valence-electron chi connectivity index (χ0n) is 8.35. The average molecular weight is 229 g/mol. The molecule has 78 valence electrons. The van der Waals surface area contributed by atoms with Crippen LogP contribution in [0.2, 0.25) is 0 Å². The van der Waals surface area contributed by atoms with Crippen LogP contribution < -0.4 is 0 Å². The molecule has 1 nitrogen and oxygen atoms in total. The van der Waals surface area contributed by atoms with E-state index in [-0.39, 0.29) is 5.56 Å². The first-order chi connectivity index (χ1) is 7.79. The minimum atomic E-state index is -0.469. The van der Waals surface area contributed by atoms with Crippen molar-refractivity contribution in [2.75, 3.05) is 0 Å². The average Bonchev–Trinajstić information content (AvgIpc) is 2.31. The number of hydrogen-bond donors (Lipinski definition) is 0. The largest absolute Gasteiger partial charge is 0.206 e. The van der Waals surface area contributed by atoms with Gasteiger partial charge in [0.1, 0.15) is 11.9 Å². The van der Waals surface area contributed by atoms with Crippen molar-refractivity contribution in [1.82, 2.24) is 0 Å². The third-order valence-electron chi connectivity index (χ3n) is 2.04. The van der Waals surface area contributed by atoms with E-state index >= 15 is 0 Å². The molecule has 0 radical (unpaired) electrons. The van der Waals surface area contributed by atoms with Crippen molar-refractivity contribution in [1.29, 1.82) is 5.26 Å². The lowest BCUT2D eigenvalue weighted by Gasteiger charge is -2.01. The maximum atomic E-state index is 13.3. The van der Waals surface area contributed by atoms with Gasteiger partial charge in [-0.3, -0.25) is 0 Å². The summed E-state index contributed by atoms with van der Waals surface area (Å²) in [5.74, 6) is -0.469. The monoisotopic (exact) mass is 229 g/mol. The molecule has 3 heteroatoms.